The Bertz CT molecular complexity index is 3700. The van der Waals surface area contributed by atoms with Crippen molar-refractivity contribution in [1.29, 1.82) is 0 Å². The summed E-state index contributed by atoms with van der Waals surface area (Å²) in [5.41, 5.74) is 12.4. The van der Waals surface area contributed by atoms with Gasteiger partial charge >= 0.3 is 0 Å². The molecule has 1 aliphatic heterocycles. The van der Waals surface area contributed by atoms with Gasteiger partial charge in [0, 0.05) is 53.5 Å². The fourth-order valence-electron chi connectivity index (χ4n) is 9.10. The summed E-state index contributed by atoms with van der Waals surface area (Å²) < 4.78 is 11.4. The normalized spacial score (nSPS) is 12.3. The minimum Gasteiger partial charge on any atom is -0.455 e. The topological polar surface area (TPSA) is 61.7 Å². The van der Waals surface area contributed by atoms with Gasteiger partial charge in [-0.1, -0.05) is 145 Å². The SMILES string of the molecule is c1ccc(-c2nc(-c3cccc(-c4ccc5c(c4)Sc4cccc6c7c8ccccc8n(-c8ccccc8)c7n-5c46)c3)nc(-c3cccc4c3oc3ccccc34)n2)cc1. The fraction of sp³-hybridized carbons (Fsp3) is 0. The summed E-state index contributed by atoms with van der Waals surface area (Å²) in [6, 6.07) is 66.0. The van der Waals surface area contributed by atoms with Gasteiger partial charge in [0.2, 0.25) is 0 Å². The summed E-state index contributed by atoms with van der Waals surface area (Å²) in [5, 5.41) is 5.90. The number of nitrogens with zero attached hydrogens (tertiary/aromatic N) is 5. The highest BCUT2D eigenvalue weighted by molar-refractivity contribution is 7.99. The summed E-state index contributed by atoms with van der Waals surface area (Å²) in [4.78, 5) is 17.7. The van der Waals surface area contributed by atoms with Gasteiger partial charge in [0.05, 0.1) is 22.3 Å². The maximum absolute atomic E-state index is 6.45. The number of rotatable bonds is 5. The van der Waals surface area contributed by atoms with Crippen LogP contribution in [0.1, 0.15) is 0 Å². The van der Waals surface area contributed by atoms with E-state index in [1.54, 1.807) is 0 Å². The van der Waals surface area contributed by atoms with Crippen LogP contribution in [0.5, 0.6) is 0 Å². The van der Waals surface area contributed by atoms with Crippen LogP contribution in [0.2, 0.25) is 0 Å². The van der Waals surface area contributed by atoms with Gasteiger partial charge in [-0.2, -0.15) is 0 Å². The maximum atomic E-state index is 6.45. The lowest BCUT2D eigenvalue weighted by molar-refractivity contribution is 0.669. The molecule has 6 nitrogen and oxygen atoms in total. The second-order valence-electron chi connectivity index (χ2n) is 15.2. The van der Waals surface area contributed by atoms with Crippen LogP contribution in [-0.2, 0) is 0 Å². The van der Waals surface area contributed by atoms with E-state index in [2.05, 4.69) is 137 Å². The first-order valence-electron chi connectivity index (χ1n) is 20.0. The third-order valence-electron chi connectivity index (χ3n) is 11.8. The number of para-hydroxylation sites is 5. The van der Waals surface area contributed by atoms with Gasteiger partial charge in [0.1, 0.15) is 16.8 Å². The number of hydrogen-bond acceptors (Lipinski definition) is 5. The van der Waals surface area contributed by atoms with E-state index in [0.29, 0.717) is 17.5 Å². The first-order valence-corrected chi connectivity index (χ1v) is 20.8. The molecule has 5 heterocycles. The second kappa shape index (κ2) is 12.9. The fourth-order valence-corrected chi connectivity index (χ4v) is 10.2. The molecule has 8 aromatic carbocycles. The van der Waals surface area contributed by atoms with Crippen LogP contribution < -0.4 is 0 Å². The molecular weight excluding hydrogens is 755 g/mol. The largest absolute Gasteiger partial charge is 0.455 e. The van der Waals surface area contributed by atoms with Crippen LogP contribution in [0.3, 0.4) is 0 Å². The van der Waals surface area contributed by atoms with Crippen molar-refractivity contribution in [3.63, 3.8) is 0 Å². The van der Waals surface area contributed by atoms with Crippen LogP contribution in [0.4, 0.5) is 0 Å². The molecule has 0 amide bonds. The van der Waals surface area contributed by atoms with Gasteiger partial charge in [0.25, 0.3) is 0 Å². The molecule has 12 aromatic rings. The Labute approximate surface area is 348 Å². The lowest BCUT2D eigenvalue weighted by Crippen LogP contribution is -2.05. The van der Waals surface area contributed by atoms with Crippen LogP contribution in [0.25, 0.3) is 111 Å². The zero-order valence-corrected chi connectivity index (χ0v) is 32.8. The molecule has 13 rings (SSSR count). The van der Waals surface area contributed by atoms with E-state index in [9.17, 15) is 0 Å². The van der Waals surface area contributed by atoms with Crippen molar-refractivity contribution in [3.05, 3.63) is 188 Å². The minimum absolute atomic E-state index is 0.565. The lowest BCUT2D eigenvalue weighted by Gasteiger charge is -2.22. The predicted molar refractivity (Wildman–Crippen MR) is 244 cm³/mol. The van der Waals surface area contributed by atoms with Crippen LogP contribution in [0, 0.1) is 0 Å². The van der Waals surface area contributed by atoms with E-state index in [1.165, 1.54) is 48.3 Å². The maximum Gasteiger partial charge on any atom is 0.167 e. The van der Waals surface area contributed by atoms with Crippen molar-refractivity contribution in [2.45, 2.75) is 9.79 Å². The van der Waals surface area contributed by atoms with Crippen molar-refractivity contribution in [2.24, 2.45) is 0 Å². The number of benzene rings is 8. The highest BCUT2D eigenvalue weighted by atomic mass is 32.2. The molecular formula is C53H31N5OS. The molecule has 0 saturated heterocycles. The predicted octanol–water partition coefficient (Wildman–Crippen LogP) is 13.9. The molecule has 0 radical (unpaired) electrons. The molecule has 0 fully saturated rings. The number of hydrogen-bond donors (Lipinski definition) is 0. The van der Waals surface area contributed by atoms with E-state index in [4.69, 9.17) is 19.4 Å². The molecule has 4 aromatic heterocycles. The zero-order valence-electron chi connectivity index (χ0n) is 32.0. The van der Waals surface area contributed by atoms with Crippen molar-refractivity contribution in [2.75, 3.05) is 0 Å². The average Bonchev–Trinajstić information content (AvgIpc) is 3.98. The Hall–Kier alpha value is -7.74. The Morgan fingerprint density at radius 2 is 1.08 bits per heavy atom. The van der Waals surface area contributed by atoms with Gasteiger partial charge in [0.15, 0.2) is 17.5 Å². The molecule has 0 saturated carbocycles. The highest BCUT2D eigenvalue weighted by Gasteiger charge is 2.28. The summed E-state index contributed by atoms with van der Waals surface area (Å²) in [7, 11) is 0. The standard InChI is InChI=1S/C53H31N5OS/c1-3-14-32(15-4-1)50-54-51(56-52(55-50)41-24-12-22-38-37-20-8-10-26-44(37)59-49(38)41)35-17-11-16-33(30-35)34-28-29-43-46(31-34)60-45-27-13-23-40-47-39-21-7-9-25-42(39)57(36-18-5-2-6-19-36)53(47)58(43)48(40)45/h1-31H. The Kier molecular flexibility index (Phi) is 7.14. The first-order chi connectivity index (χ1) is 29.7. The number of aromatic nitrogens is 5. The summed E-state index contributed by atoms with van der Waals surface area (Å²) in [5.74, 6) is 1.77. The second-order valence-corrected chi connectivity index (χ2v) is 16.3. The van der Waals surface area contributed by atoms with E-state index in [0.717, 1.165) is 55.4 Å². The van der Waals surface area contributed by atoms with E-state index < -0.39 is 0 Å². The number of fused-ring (bicyclic) bond motifs is 10. The van der Waals surface area contributed by atoms with Crippen LogP contribution in [-0.4, -0.2) is 24.1 Å². The zero-order chi connectivity index (χ0) is 39.3. The highest BCUT2D eigenvalue weighted by Crippen LogP contribution is 2.50. The van der Waals surface area contributed by atoms with E-state index in [1.807, 2.05) is 72.4 Å². The van der Waals surface area contributed by atoms with Gasteiger partial charge in [-0.15, -0.1) is 0 Å². The lowest BCUT2D eigenvalue weighted by atomic mass is 10.0. The smallest absolute Gasteiger partial charge is 0.167 e. The minimum atomic E-state index is 0.565. The average molecular weight is 786 g/mol. The van der Waals surface area contributed by atoms with Crippen LogP contribution in [0.15, 0.2) is 202 Å². The molecule has 0 atom stereocenters. The van der Waals surface area contributed by atoms with Crippen LogP contribution >= 0.6 is 11.8 Å². The monoisotopic (exact) mass is 785 g/mol. The van der Waals surface area contributed by atoms with Crippen molar-refractivity contribution >= 4 is 66.5 Å². The summed E-state index contributed by atoms with van der Waals surface area (Å²) in [6.07, 6.45) is 0. The third kappa shape index (κ3) is 4.93. The van der Waals surface area contributed by atoms with Gasteiger partial charge in [-0.25, -0.2) is 15.0 Å². The molecule has 0 bridgehead atoms. The molecule has 0 N–H and O–H groups in total. The molecule has 7 heteroatoms. The summed E-state index contributed by atoms with van der Waals surface area (Å²) >= 11 is 1.84. The summed E-state index contributed by atoms with van der Waals surface area (Å²) in [6.45, 7) is 0. The van der Waals surface area contributed by atoms with Crippen molar-refractivity contribution in [3.8, 4) is 56.7 Å². The number of furan rings is 1. The quantitative estimate of drug-likeness (QED) is 0.174. The van der Waals surface area contributed by atoms with Crippen molar-refractivity contribution < 1.29 is 4.42 Å². The molecule has 0 spiro atoms. The Balaban J connectivity index is 0.967. The van der Waals surface area contributed by atoms with E-state index >= 15 is 0 Å². The van der Waals surface area contributed by atoms with E-state index in [-0.39, 0.29) is 0 Å². The molecule has 1 aliphatic rings. The first kappa shape index (κ1) is 33.3. The molecule has 280 valence electrons. The van der Waals surface area contributed by atoms with Gasteiger partial charge in [-0.3, -0.25) is 9.13 Å². The molecule has 0 unspecified atom stereocenters. The van der Waals surface area contributed by atoms with Gasteiger partial charge < -0.3 is 4.42 Å². The Morgan fingerprint density at radius 1 is 0.433 bits per heavy atom. The molecule has 0 aliphatic carbocycles. The molecule has 60 heavy (non-hydrogen) atoms. The third-order valence-corrected chi connectivity index (χ3v) is 12.9. The van der Waals surface area contributed by atoms with Crippen molar-refractivity contribution in [1.82, 2.24) is 24.1 Å². The van der Waals surface area contributed by atoms with Gasteiger partial charge in [-0.05, 0) is 65.7 Å². The Morgan fingerprint density at radius 3 is 1.97 bits per heavy atom.